The Labute approximate surface area is 110 Å². The van der Waals surface area contributed by atoms with Gasteiger partial charge in [-0.25, -0.2) is 0 Å². The molecule has 0 atom stereocenters. The van der Waals surface area contributed by atoms with Crippen molar-refractivity contribution in [1.29, 1.82) is 0 Å². The fraction of sp³-hybridized carbons (Fsp3) is 0.0769. The van der Waals surface area contributed by atoms with Gasteiger partial charge < -0.3 is 4.74 Å². The molecule has 0 fully saturated rings. The third kappa shape index (κ3) is 4.78. The second kappa shape index (κ2) is 8.32. The van der Waals surface area contributed by atoms with Gasteiger partial charge in [-0.1, -0.05) is 30.3 Å². The summed E-state index contributed by atoms with van der Waals surface area (Å²) in [5.74, 6) is 0.858. The van der Waals surface area contributed by atoms with Crippen LogP contribution in [0.3, 0.4) is 0 Å². The van der Waals surface area contributed by atoms with Gasteiger partial charge >= 0.3 is 27.0 Å². The topological polar surface area (TPSA) is 9.23 Å². The fourth-order valence-corrected chi connectivity index (χ4v) is 1.21. The minimum Gasteiger partial charge on any atom is -0.547 e. The molecule has 2 aromatic rings. The second-order valence-electron chi connectivity index (χ2n) is 3.01. The van der Waals surface area contributed by atoms with E-state index in [9.17, 15) is 0 Å². The van der Waals surface area contributed by atoms with Crippen LogP contribution in [0, 0.1) is 6.07 Å². The summed E-state index contributed by atoms with van der Waals surface area (Å²) in [6, 6.07) is 20.6. The molecule has 0 bridgehead atoms. The smallest absolute Gasteiger partial charge is 0.0968 e. The zero-order valence-electron chi connectivity index (χ0n) is 8.90. The number of halogens is 1. The Morgan fingerprint density at radius 2 is 1.81 bits per heavy atom. The summed E-state index contributed by atoms with van der Waals surface area (Å²) in [4.78, 5) is 0. The Bertz CT molecular complexity index is 338. The summed E-state index contributed by atoms with van der Waals surface area (Å²) in [7, 11) is 4.76. The Balaban J connectivity index is 0.000000606. The monoisotopic (exact) mass is 282 g/mol. The quantitative estimate of drug-likeness (QED) is 0.616. The number of benzene rings is 2. The molecule has 16 heavy (non-hydrogen) atoms. The van der Waals surface area contributed by atoms with E-state index in [0.717, 1.165) is 23.1 Å². The van der Waals surface area contributed by atoms with Crippen molar-refractivity contribution in [2.75, 3.05) is 0 Å². The Morgan fingerprint density at radius 1 is 1.06 bits per heavy atom. The SMILES string of the molecule is [Cl][Zn+].[c-]1cccc(OCc2ccccc2)c1. The number of ether oxygens (including phenoxy) is 1. The average Bonchev–Trinajstić information content (AvgIpc) is 2.41. The van der Waals surface area contributed by atoms with Gasteiger partial charge in [-0.05, 0) is 5.56 Å². The van der Waals surface area contributed by atoms with E-state index in [0.29, 0.717) is 6.61 Å². The van der Waals surface area contributed by atoms with E-state index in [1.807, 2.05) is 54.6 Å². The molecule has 0 N–H and O–H groups in total. The van der Waals surface area contributed by atoms with E-state index in [4.69, 9.17) is 14.4 Å². The van der Waals surface area contributed by atoms with Gasteiger partial charge in [0.1, 0.15) is 0 Å². The zero-order valence-corrected chi connectivity index (χ0v) is 12.6. The van der Waals surface area contributed by atoms with Crippen molar-refractivity contribution in [3.63, 3.8) is 0 Å². The van der Waals surface area contributed by atoms with Crippen molar-refractivity contribution in [3.05, 3.63) is 66.2 Å². The molecule has 0 aliphatic rings. The normalized spacial score (nSPS) is 8.94. The van der Waals surface area contributed by atoms with Crippen LogP contribution >= 0.6 is 9.69 Å². The predicted octanol–water partition coefficient (Wildman–Crippen LogP) is 3.75. The average molecular weight is 284 g/mol. The third-order valence-electron chi connectivity index (χ3n) is 1.93. The zero-order chi connectivity index (χ0) is 11.6. The minimum absolute atomic E-state index is 0.610. The van der Waals surface area contributed by atoms with Crippen LogP contribution in [0.2, 0.25) is 0 Å². The number of hydrogen-bond donors (Lipinski definition) is 0. The largest absolute Gasteiger partial charge is 0.547 e. The van der Waals surface area contributed by atoms with Gasteiger partial charge in [0.05, 0.1) is 6.61 Å². The first-order chi connectivity index (χ1) is 7.95. The first kappa shape index (κ1) is 13.2. The molecule has 0 saturated carbocycles. The van der Waals surface area contributed by atoms with Gasteiger partial charge in [0.15, 0.2) is 0 Å². The van der Waals surface area contributed by atoms with E-state index in [-0.39, 0.29) is 0 Å². The Hall–Kier alpha value is -0.847. The molecule has 0 saturated heterocycles. The van der Waals surface area contributed by atoms with Crippen LogP contribution in [-0.2, 0) is 23.9 Å². The molecule has 3 heteroatoms. The second-order valence-corrected chi connectivity index (χ2v) is 3.01. The van der Waals surface area contributed by atoms with Crippen LogP contribution < -0.4 is 4.74 Å². The van der Waals surface area contributed by atoms with Crippen LogP contribution in [0.5, 0.6) is 5.75 Å². The van der Waals surface area contributed by atoms with Gasteiger partial charge in [-0.15, -0.1) is 12.1 Å². The summed E-state index contributed by atoms with van der Waals surface area (Å²) in [5.41, 5.74) is 1.18. The van der Waals surface area contributed by atoms with Gasteiger partial charge in [0.25, 0.3) is 0 Å². The summed E-state index contributed by atoms with van der Waals surface area (Å²) >= 11 is 0.847. The summed E-state index contributed by atoms with van der Waals surface area (Å²) < 4.78 is 5.56. The van der Waals surface area contributed by atoms with Crippen molar-refractivity contribution >= 4 is 9.69 Å². The van der Waals surface area contributed by atoms with Crippen molar-refractivity contribution in [2.24, 2.45) is 0 Å². The molecule has 0 radical (unpaired) electrons. The number of hydrogen-bond acceptors (Lipinski definition) is 1. The summed E-state index contributed by atoms with van der Waals surface area (Å²) in [5, 5.41) is 0. The molecule has 0 spiro atoms. The van der Waals surface area contributed by atoms with Crippen LogP contribution in [0.1, 0.15) is 5.56 Å². The fourth-order valence-electron chi connectivity index (χ4n) is 1.21. The maximum Gasteiger partial charge on any atom is 0.0968 e. The van der Waals surface area contributed by atoms with Crippen molar-refractivity contribution < 1.29 is 22.0 Å². The van der Waals surface area contributed by atoms with Gasteiger partial charge in [0.2, 0.25) is 0 Å². The predicted molar refractivity (Wildman–Crippen MR) is 61.9 cm³/mol. The van der Waals surface area contributed by atoms with Crippen molar-refractivity contribution in [1.82, 2.24) is 0 Å². The molecule has 0 aromatic heterocycles. The molecular formula is C13H11ClOZn. The van der Waals surface area contributed by atoms with Crippen molar-refractivity contribution in [2.45, 2.75) is 6.61 Å². The first-order valence-corrected chi connectivity index (χ1v) is 8.74. The van der Waals surface area contributed by atoms with Crippen LogP contribution in [0.15, 0.2) is 54.6 Å². The molecule has 0 aliphatic heterocycles. The molecular weight excluding hydrogens is 273 g/mol. The van der Waals surface area contributed by atoms with Crippen LogP contribution in [0.25, 0.3) is 0 Å². The Morgan fingerprint density at radius 3 is 2.44 bits per heavy atom. The molecule has 1 nitrogen and oxygen atoms in total. The van der Waals surface area contributed by atoms with E-state index in [1.54, 1.807) is 0 Å². The maximum atomic E-state index is 5.56. The van der Waals surface area contributed by atoms with Crippen LogP contribution in [-0.4, -0.2) is 0 Å². The summed E-state index contributed by atoms with van der Waals surface area (Å²) in [6.45, 7) is 0.610. The molecule has 0 heterocycles. The molecule has 0 aliphatic carbocycles. The summed E-state index contributed by atoms with van der Waals surface area (Å²) in [6.07, 6.45) is 0. The minimum atomic E-state index is 0.610. The molecule has 0 amide bonds. The molecule has 2 aromatic carbocycles. The van der Waals surface area contributed by atoms with E-state index < -0.39 is 0 Å². The maximum absolute atomic E-state index is 5.56. The molecule has 78 valence electrons. The number of rotatable bonds is 3. The van der Waals surface area contributed by atoms with Gasteiger partial charge in [-0.3, -0.25) is 0 Å². The third-order valence-corrected chi connectivity index (χ3v) is 1.93. The van der Waals surface area contributed by atoms with E-state index in [1.165, 1.54) is 5.56 Å². The van der Waals surface area contributed by atoms with E-state index >= 15 is 0 Å². The molecule has 2 rings (SSSR count). The van der Waals surface area contributed by atoms with Crippen molar-refractivity contribution in [3.8, 4) is 5.75 Å². The van der Waals surface area contributed by atoms with Gasteiger partial charge in [-0.2, -0.15) is 18.2 Å². The first-order valence-electron chi connectivity index (χ1n) is 4.85. The van der Waals surface area contributed by atoms with E-state index in [2.05, 4.69) is 6.07 Å². The molecule has 0 unspecified atom stereocenters. The Kier molecular flexibility index (Phi) is 6.88. The standard InChI is InChI=1S/C13H11O.ClH.Zn/c1-3-7-12(8-4-1)11-14-13-9-5-2-6-10-13;;/h1-5,7-10H,11H2;1H;/q-1;;+2/p-1. The van der Waals surface area contributed by atoms with Crippen LogP contribution in [0.4, 0.5) is 0 Å². The van der Waals surface area contributed by atoms with Gasteiger partial charge in [0, 0.05) is 5.75 Å².